The van der Waals surface area contributed by atoms with Crippen molar-refractivity contribution in [2.45, 2.75) is 10.8 Å². The van der Waals surface area contributed by atoms with E-state index in [1.807, 2.05) is 48.5 Å². The predicted molar refractivity (Wildman–Crippen MR) is 84.3 cm³/mol. The second-order valence-electron chi connectivity index (χ2n) is 4.51. The Bertz CT molecular complexity index is 758. The third-order valence-corrected chi connectivity index (χ3v) is 4.09. The van der Waals surface area contributed by atoms with Crippen molar-refractivity contribution in [3.8, 4) is 11.8 Å². The van der Waals surface area contributed by atoms with Crippen molar-refractivity contribution in [2.24, 2.45) is 0 Å². The molecule has 0 radical (unpaired) electrons. The minimum Gasteiger partial charge on any atom is -0.238 e. The van der Waals surface area contributed by atoms with Crippen LogP contribution >= 0.6 is 11.8 Å². The van der Waals surface area contributed by atoms with Crippen molar-refractivity contribution in [1.29, 1.82) is 5.26 Å². The molecule has 0 aliphatic heterocycles. The minimum atomic E-state index is 0.611. The van der Waals surface area contributed by atoms with Crippen LogP contribution in [0.25, 0.3) is 5.69 Å². The van der Waals surface area contributed by atoms with Crippen molar-refractivity contribution in [1.82, 2.24) is 9.78 Å². The summed E-state index contributed by atoms with van der Waals surface area (Å²) in [6, 6.07) is 22.2. The Kier molecular flexibility index (Phi) is 4.04. The second kappa shape index (κ2) is 6.29. The van der Waals surface area contributed by atoms with Crippen LogP contribution in [0.3, 0.4) is 0 Å². The summed E-state index contributed by atoms with van der Waals surface area (Å²) in [5.74, 6) is 0.807. The molecule has 3 rings (SSSR count). The maximum absolute atomic E-state index is 9.26. The van der Waals surface area contributed by atoms with E-state index in [4.69, 9.17) is 0 Å². The largest absolute Gasteiger partial charge is 0.238 e. The Balaban J connectivity index is 1.82. The highest BCUT2D eigenvalue weighted by molar-refractivity contribution is 7.98. The highest BCUT2D eigenvalue weighted by Crippen LogP contribution is 2.25. The third-order valence-electron chi connectivity index (χ3n) is 3.04. The average Bonchev–Trinajstić information content (AvgIpc) is 2.98. The van der Waals surface area contributed by atoms with Crippen LogP contribution in [-0.4, -0.2) is 9.78 Å². The molecular formula is C17H13N3S. The van der Waals surface area contributed by atoms with Crippen LogP contribution in [0.15, 0.2) is 71.9 Å². The zero-order valence-corrected chi connectivity index (χ0v) is 12.1. The number of rotatable bonds is 4. The van der Waals surface area contributed by atoms with Crippen LogP contribution in [0, 0.1) is 11.3 Å². The van der Waals surface area contributed by atoms with Gasteiger partial charge in [-0.3, -0.25) is 0 Å². The SMILES string of the molecule is N#Cc1cn(-c2ccccc2)nc1SCc1ccccc1. The topological polar surface area (TPSA) is 41.6 Å². The van der Waals surface area contributed by atoms with Crippen LogP contribution in [0.4, 0.5) is 0 Å². The number of para-hydroxylation sites is 1. The van der Waals surface area contributed by atoms with E-state index in [0.717, 1.165) is 16.5 Å². The predicted octanol–water partition coefficient (Wildman–Crippen LogP) is 4.04. The van der Waals surface area contributed by atoms with E-state index in [9.17, 15) is 5.26 Å². The van der Waals surface area contributed by atoms with Crippen molar-refractivity contribution in [2.75, 3.05) is 0 Å². The Hall–Kier alpha value is -2.51. The van der Waals surface area contributed by atoms with Gasteiger partial charge in [-0.25, -0.2) is 4.68 Å². The molecule has 0 atom stereocenters. The molecule has 0 unspecified atom stereocenters. The first kappa shape index (κ1) is 13.5. The maximum atomic E-state index is 9.26. The number of nitriles is 1. The number of benzene rings is 2. The van der Waals surface area contributed by atoms with Gasteiger partial charge in [0.1, 0.15) is 16.7 Å². The minimum absolute atomic E-state index is 0.611. The molecule has 0 aliphatic rings. The number of hydrogen-bond acceptors (Lipinski definition) is 3. The summed E-state index contributed by atoms with van der Waals surface area (Å²) < 4.78 is 1.76. The van der Waals surface area contributed by atoms with Gasteiger partial charge in [0.05, 0.1) is 5.69 Å². The maximum Gasteiger partial charge on any atom is 0.137 e. The molecule has 2 aromatic carbocycles. The third kappa shape index (κ3) is 3.15. The van der Waals surface area contributed by atoms with E-state index in [2.05, 4.69) is 23.3 Å². The summed E-state index contributed by atoms with van der Waals surface area (Å²) in [7, 11) is 0. The first-order chi connectivity index (χ1) is 10.4. The molecule has 0 amide bonds. The van der Waals surface area contributed by atoms with Crippen molar-refractivity contribution in [3.63, 3.8) is 0 Å². The van der Waals surface area contributed by atoms with Crippen LogP contribution < -0.4 is 0 Å². The lowest BCUT2D eigenvalue weighted by molar-refractivity contribution is 0.837. The fourth-order valence-corrected chi connectivity index (χ4v) is 2.88. The molecule has 0 spiro atoms. The molecule has 1 heterocycles. The van der Waals surface area contributed by atoms with Gasteiger partial charge in [0, 0.05) is 11.9 Å². The Morgan fingerprint density at radius 1 is 1.00 bits per heavy atom. The zero-order chi connectivity index (χ0) is 14.5. The van der Waals surface area contributed by atoms with E-state index in [-0.39, 0.29) is 0 Å². The number of aromatic nitrogens is 2. The molecule has 102 valence electrons. The van der Waals surface area contributed by atoms with Gasteiger partial charge in [-0.05, 0) is 17.7 Å². The van der Waals surface area contributed by atoms with Gasteiger partial charge in [0.2, 0.25) is 0 Å². The second-order valence-corrected chi connectivity index (χ2v) is 5.48. The Morgan fingerprint density at radius 3 is 2.33 bits per heavy atom. The van der Waals surface area contributed by atoms with Crippen LogP contribution in [0.5, 0.6) is 0 Å². The summed E-state index contributed by atoms with van der Waals surface area (Å²) in [6.07, 6.45) is 1.78. The monoisotopic (exact) mass is 291 g/mol. The summed E-state index contributed by atoms with van der Waals surface area (Å²) >= 11 is 1.59. The van der Waals surface area contributed by atoms with E-state index in [0.29, 0.717) is 5.56 Å². The van der Waals surface area contributed by atoms with Crippen LogP contribution in [0.2, 0.25) is 0 Å². The molecule has 3 aromatic rings. The number of thioether (sulfide) groups is 1. The molecular weight excluding hydrogens is 278 g/mol. The van der Waals surface area contributed by atoms with Gasteiger partial charge < -0.3 is 0 Å². The van der Waals surface area contributed by atoms with E-state index in [1.165, 1.54) is 5.56 Å². The smallest absolute Gasteiger partial charge is 0.137 e. The molecule has 3 nitrogen and oxygen atoms in total. The molecule has 0 aliphatic carbocycles. The molecule has 0 fully saturated rings. The lowest BCUT2D eigenvalue weighted by Crippen LogP contribution is -1.93. The number of nitrogens with zero attached hydrogens (tertiary/aromatic N) is 3. The van der Waals surface area contributed by atoms with E-state index < -0.39 is 0 Å². The molecule has 21 heavy (non-hydrogen) atoms. The molecule has 4 heteroatoms. The molecule has 0 saturated heterocycles. The van der Waals surface area contributed by atoms with Crippen molar-refractivity contribution < 1.29 is 0 Å². The summed E-state index contributed by atoms with van der Waals surface area (Å²) in [4.78, 5) is 0. The lowest BCUT2D eigenvalue weighted by atomic mass is 10.2. The van der Waals surface area contributed by atoms with Gasteiger partial charge in [-0.1, -0.05) is 60.3 Å². The van der Waals surface area contributed by atoms with Gasteiger partial charge in [0.15, 0.2) is 0 Å². The Morgan fingerprint density at radius 2 is 1.67 bits per heavy atom. The summed E-state index contributed by atoms with van der Waals surface area (Å²) in [5.41, 5.74) is 2.79. The first-order valence-electron chi connectivity index (χ1n) is 6.59. The quantitative estimate of drug-likeness (QED) is 0.681. The van der Waals surface area contributed by atoms with Crippen LogP contribution in [0.1, 0.15) is 11.1 Å². The average molecular weight is 291 g/mol. The molecule has 0 N–H and O–H groups in total. The normalized spacial score (nSPS) is 10.2. The molecule has 0 saturated carbocycles. The Labute approximate surface area is 127 Å². The van der Waals surface area contributed by atoms with Gasteiger partial charge in [-0.2, -0.15) is 10.4 Å². The van der Waals surface area contributed by atoms with Gasteiger partial charge in [0.25, 0.3) is 0 Å². The van der Waals surface area contributed by atoms with Crippen molar-refractivity contribution >= 4 is 11.8 Å². The van der Waals surface area contributed by atoms with Crippen molar-refractivity contribution in [3.05, 3.63) is 78.0 Å². The zero-order valence-electron chi connectivity index (χ0n) is 11.3. The van der Waals surface area contributed by atoms with Gasteiger partial charge >= 0.3 is 0 Å². The molecule has 0 bridgehead atoms. The van der Waals surface area contributed by atoms with E-state index >= 15 is 0 Å². The summed E-state index contributed by atoms with van der Waals surface area (Å²) in [5, 5.41) is 14.6. The highest BCUT2D eigenvalue weighted by Gasteiger charge is 2.10. The fraction of sp³-hybridized carbons (Fsp3) is 0.0588. The lowest BCUT2D eigenvalue weighted by Gasteiger charge is -2.00. The molecule has 1 aromatic heterocycles. The van der Waals surface area contributed by atoms with Crippen LogP contribution in [-0.2, 0) is 5.75 Å². The standard InChI is InChI=1S/C17H13N3S/c18-11-15-12-20(16-9-5-2-6-10-16)19-17(15)21-13-14-7-3-1-4-8-14/h1-10,12H,13H2. The van der Waals surface area contributed by atoms with E-state index in [1.54, 1.807) is 22.6 Å². The fourth-order valence-electron chi connectivity index (χ4n) is 1.98. The first-order valence-corrected chi connectivity index (χ1v) is 7.57. The summed E-state index contributed by atoms with van der Waals surface area (Å²) in [6.45, 7) is 0. The number of hydrogen-bond donors (Lipinski definition) is 0. The highest BCUT2D eigenvalue weighted by atomic mass is 32.2. The van der Waals surface area contributed by atoms with Gasteiger partial charge in [-0.15, -0.1) is 0 Å².